The third kappa shape index (κ3) is 6.90. The molecule has 5 heteroatoms. The van der Waals surface area contributed by atoms with Gasteiger partial charge in [-0.25, -0.2) is 0 Å². The van der Waals surface area contributed by atoms with Crippen LogP contribution >= 0.6 is 0 Å². The van der Waals surface area contributed by atoms with Gasteiger partial charge in [-0.1, -0.05) is 44.2 Å². The summed E-state index contributed by atoms with van der Waals surface area (Å²) in [5.41, 5.74) is 4.26. The van der Waals surface area contributed by atoms with Crippen LogP contribution in [0.15, 0.2) is 42.5 Å². The molecule has 2 rings (SSSR count). The first-order valence-corrected chi connectivity index (χ1v) is 10.5. The van der Waals surface area contributed by atoms with Crippen molar-refractivity contribution in [3.05, 3.63) is 64.7 Å². The van der Waals surface area contributed by atoms with Crippen LogP contribution in [0.2, 0.25) is 0 Å². The lowest BCUT2D eigenvalue weighted by Crippen LogP contribution is -2.49. The van der Waals surface area contributed by atoms with Gasteiger partial charge in [-0.05, 0) is 68.0 Å². The van der Waals surface area contributed by atoms with Crippen molar-refractivity contribution >= 4 is 11.8 Å². The van der Waals surface area contributed by atoms with Crippen LogP contribution in [0.5, 0.6) is 5.75 Å². The highest BCUT2D eigenvalue weighted by Crippen LogP contribution is 2.18. The summed E-state index contributed by atoms with van der Waals surface area (Å²) in [6.07, 6.45) is 0. The molecule has 0 aliphatic carbocycles. The molecule has 0 aliphatic heterocycles. The Bertz CT molecular complexity index is 856. The average Bonchev–Trinajstić information content (AvgIpc) is 2.68. The highest BCUT2D eigenvalue weighted by molar-refractivity contribution is 5.88. The van der Waals surface area contributed by atoms with E-state index < -0.39 is 6.04 Å². The highest BCUT2D eigenvalue weighted by atomic mass is 16.5. The number of amides is 2. The van der Waals surface area contributed by atoms with Gasteiger partial charge >= 0.3 is 0 Å². The average molecular weight is 411 g/mol. The summed E-state index contributed by atoms with van der Waals surface area (Å²) in [6.45, 7) is 12.7. The third-order valence-corrected chi connectivity index (χ3v) is 5.01. The molecular weight excluding hydrogens is 376 g/mol. The predicted octanol–water partition coefficient (Wildman–Crippen LogP) is 4.18. The predicted molar refractivity (Wildman–Crippen MR) is 120 cm³/mol. The lowest BCUT2D eigenvalue weighted by atomic mass is 10.1. The highest BCUT2D eigenvalue weighted by Gasteiger charge is 2.27. The monoisotopic (exact) mass is 410 g/mol. The van der Waals surface area contributed by atoms with E-state index >= 15 is 0 Å². The second-order valence-corrected chi connectivity index (χ2v) is 8.38. The Balaban J connectivity index is 2.17. The Hall–Kier alpha value is -2.82. The van der Waals surface area contributed by atoms with Crippen molar-refractivity contribution in [2.75, 3.05) is 13.2 Å². The van der Waals surface area contributed by atoms with Gasteiger partial charge in [0.25, 0.3) is 5.91 Å². The van der Waals surface area contributed by atoms with Gasteiger partial charge in [0.1, 0.15) is 11.8 Å². The fourth-order valence-corrected chi connectivity index (χ4v) is 3.25. The topological polar surface area (TPSA) is 58.6 Å². The van der Waals surface area contributed by atoms with Gasteiger partial charge in [0.15, 0.2) is 6.61 Å². The molecule has 1 N–H and O–H groups in total. The fraction of sp³-hybridized carbons (Fsp3) is 0.440. The van der Waals surface area contributed by atoms with Crippen molar-refractivity contribution in [1.29, 1.82) is 0 Å². The molecular formula is C25H34N2O3. The van der Waals surface area contributed by atoms with Crippen LogP contribution in [0.25, 0.3) is 0 Å². The number of hydrogen-bond acceptors (Lipinski definition) is 3. The summed E-state index contributed by atoms with van der Waals surface area (Å²) >= 11 is 0. The SMILES string of the molecule is Cc1cc(C)cc(OCC(=O)N(Cc2ccccc2C)[C@H](C)C(=O)NCC(C)C)c1. The third-order valence-electron chi connectivity index (χ3n) is 5.01. The molecule has 162 valence electrons. The number of benzene rings is 2. The second-order valence-electron chi connectivity index (χ2n) is 8.38. The standard InChI is InChI=1S/C25H34N2O3/c1-17(2)14-26-25(29)21(6)27(15-22-10-8-7-9-20(22)5)24(28)16-30-23-12-18(3)11-19(4)13-23/h7-13,17,21H,14-16H2,1-6H3,(H,26,29)/t21-/m1/s1. The maximum absolute atomic E-state index is 13.1. The molecule has 2 aromatic carbocycles. The molecule has 30 heavy (non-hydrogen) atoms. The smallest absolute Gasteiger partial charge is 0.261 e. The lowest BCUT2D eigenvalue weighted by molar-refractivity contribution is -0.142. The minimum atomic E-state index is -0.598. The van der Waals surface area contributed by atoms with E-state index in [-0.39, 0.29) is 18.4 Å². The molecule has 5 nitrogen and oxygen atoms in total. The van der Waals surface area contributed by atoms with E-state index in [2.05, 4.69) is 11.4 Å². The van der Waals surface area contributed by atoms with Gasteiger partial charge < -0.3 is 15.0 Å². The van der Waals surface area contributed by atoms with Crippen LogP contribution in [0, 0.1) is 26.7 Å². The summed E-state index contributed by atoms with van der Waals surface area (Å²) in [4.78, 5) is 27.4. The molecule has 0 bridgehead atoms. The summed E-state index contributed by atoms with van der Waals surface area (Å²) in [5.74, 6) is 0.629. The van der Waals surface area contributed by atoms with Crippen molar-refractivity contribution in [2.45, 2.75) is 54.1 Å². The van der Waals surface area contributed by atoms with Crippen molar-refractivity contribution in [2.24, 2.45) is 5.92 Å². The second kappa shape index (κ2) is 10.8. The molecule has 1 atom stereocenters. The molecule has 0 aliphatic rings. The maximum Gasteiger partial charge on any atom is 0.261 e. The number of aryl methyl sites for hydroxylation is 3. The van der Waals surface area contributed by atoms with Crippen LogP contribution < -0.4 is 10.1 Å². The zero-order valence-electron chi connectivity index (χ0n) is 19.0. The number of nitrogens with zero attached hydrogens (tertiary/aromatic N) is 1. The van der Waals surface area contributed by atoms with E-state index in [0.29, 0.717) is 24.8 Å². The molecule has 0 saturated heterocycles. The first-order chi connectivity index (χ1) is 14.2. The van der Waals surface area contributed by atoms with Crippen molar-refractivity contribution in [3.63, 3.8) is 0 Å². The Kier molecular flexibility index (Phi) is 8.46. The van der Waals surface area contributed by atoms with E-state index in [0.717, 1.165) is 22.3 Å². The summed E-state index contributed by atoms with van der Waals surface area (Å²) in [7, 11) is 0. The van der Waals surface area contributed by atoms with E-state index in [1.807, 2.05) is 71.0 Å². The summed E-state index contributed by atoms with van der Waals surface area (Å²) in [6, 6.07) is 13.2. The van der Waals surface area contributed by atoms with Crippen molar-refractivity contribution in [3.8, 4) is 5.75 Å². The minimum absolute atomic E-state index is 0.115. The molecule has 0 spiro atoms. The molecule has 0 unspecified atom stereocenters. The Morgan fingerprint density at radius 1 is 1.00 bits per heavy atom. The Morgan fingerprint density at radius 2 is 1.63 bits per heavy atom. The van der Waals surface area contributed by atoms with Crippen molar-refractivity contribution < 1.29 is 14.3 Å². The number of carbonyl (C=O) groups excluding carboxylic acids is 2. The number of carbonyl (C=O) groups is 2. The molecule has 0 aromatic heterocycles. The molecule has 2 aromatic rings. The number of rotatable bonds is 9. The van der Waals surface area contributed by atoms with Crippen LogP contribution in [0.1, 0.15) is 43.0 Å². The van der Waals surface area contributed by atoms with Gasteiger partial charge in [-0.2, -0.15) is 0 Å². The number of hydrogen-bond donors (Lipinski definition) is 1. The zero-order valence-corrected chi connectivity index (χ0v) is 19.0. The van der Waals surface area contributed by atoms with Gasteiger partial charge in [-0.3, -0.25) is 9.59 Å². The van der Waals surface area contributed by atoms with E-state index in [9.17, 15) is 9.59 Å². The Morgan fingerprint density at radius 3 is 2.23 bits per heavy atom. The molecule has 0 radical (unpaired) electrons. The van der Waals surface area contributed by atoms with E-state index in [1.165, 1.54) is 0 Å². The zero-order chi connectivity index (χ0) is 22.3. The summed E-state index contributed by atoms with van der Waals surface area (Å²) in [5, 5.41) is 2.93. The van der Waals surface area contributed by atoms with E-state index in [4.69, 9.17) is 4.74 Å². The largest absolute Gasteiger partial charge is 0.484 e. The van der Waals surface area contributed by atoms with Crippen LogP contribution in [-0.4, -0.2) is 35.9 Å². The minimum Gasteiger partial charge on any atom is -0.484 e. The van der Waals surface area contributed by atoms with Gasteiger partial charge in [0, 0.05) is 13.1 Å². The first kappa shape index (κ1) is 23.5. The summed E-state index contributed by atoms with van der Waals surface area (Å²) < 4.78 is 5.78. The lowest BCUT2D eigenvalue weighted by Gasteiger charge is -2.29. The molecule has 0 heterocycles. The normalized spacial score (nSPS) is 11.8. The first-order valence-electron chi connectivity index (χ1n) is 10.5. The fourth-order valence-electron chi connectivity index (χ4n) is 3.25. The quantitative estimate of drug-likeness (QED) is 0.675. The van der Waals surface area contributed by atoms with Crippen molar-refractivity contribution in [1.82, 2.24) is 10.2 Å². The maximum atomic E-state index is 13.1. The number of nitrogens with one attached hydrogen (secondary N) is 1. The van der Waals surface area contributed by atoms with Gasteiger partial charge in [0.2, 0.25) is 5.91 Å². The number of ether oxygens (including phenoxy) is 1. The van der Waals surface area contributed by atoms with E-state index in [1.54, 1.807) is 11.8 Å². The molecule has 0 saturated carbocycles. The van der Waals surface area contributed by atoms with Crippen LogP contribution in [0.3, 0.4) is 0 Å². The van der Waals surface area contributed by atoms with Crippen LogP contribution in [-0.2, 0) is 16.1 Å². The van der Waals surface area contributed by atoms with Gasteiger partial charge in [0.05, 0.1) is 0 Å². The van der Waals surface area contributed by atoms with Gasteiger partial charge in [-0.15, -0.1) is 0 Å². The molecule has 0 fully saturated rings. The van der Waals surface area contributed by atoms with Crippen LogP contribution in [0.4, 0.5) is 0 Å². The molecule has 2 amide bonds. The Labute approximate surface area is 180 Å².